The fraction of sp³-hybridized carbons (Fsp3) is 0.787. The number of amides is 1. The van der Waals surface area contributed by atoms with Crippen LogP contribution in [0.5, 0.6) is 0 Å². The number of ketones is 2. The number of ether oxygens (including phenoxy) is 5. The first-order valence-electron chi connectivity index (χ1n) is 22.3. The van der Waals surface area contributed by atoms with Crippen molar-refractivity contribution in [3.05, 3.63) is 35.5 Å². The summed E-state index contributed by atoms with van der Waals surface area (Å²) in [5.74, 6) is -8.10. The van der Waals surface area contributed by atoms with E-state index in [2.05, 4.69) is 0 Å². The van der Waals surface area contributed by atoms with Crippen molar-refractivity contribution in [2.24, 2.45) is 29.6 Å². The highest BCUT2D eigenvalue weighted by Crippen LogP contribution is 2.39. The Bertz CT molecular complexity index is 1600. The molecule has 0 aromatic carbocycles. The molecule has 3 aliphatic heterocycles. The molecule has 0 unspecified atom stereocenters. The van der Waals surface area contributed by atoms with Crippen molar-refractivity contribution >= 4 is 23.4 Å². The van der Waals surface area contributed by atoms with Crippen LogP contribution in [0.25, 0.3) is 0 Å². The lowest BCUT2D eigenvalue weighted by Gasteiger charge is -2.47. The van der Waals surface area contributed by atoms with E-state index in [4.69, 9.17) is 23.7 Å². The van der Waals surface area contributed by atoms with E-state index in [1.165, 1.54) is 19.1 Å². The van der Waals surface area contributed by atoms with Gasteiger partial charge in [0.15, 0.2) is 0 Å². The quantitative estimate of drug-likeness (QED) is 0.148. The summed E-state index contributed by atoms with van der Waals surface area (Å²) >= 11 is 0. The van der Waals surface area contributed by atoms with E-state index >= 15 is 0 Å². The fourth-order valence-electron chi connectivity index (χ4n) is 9.75. The zero-order chi connectivity index (χ0) is 45.4. The van der Waals surface area contributed by atoms with Crippen molar-refractivity contribution in [2.45, 2.75) is 179 Å². The maximum atomic E-state index is 14.4. The topological polar surface area (TPSA) is 199 Å². The van der Waals surface area contributed by atoms with E-state index in [1.54, 1.807) is 53.9 Å². The summed E-state index contributed by atoms with van der Waals surface area (Å²) in [5, 5.41) is 44.8. The highest BCUT2D eigenvalue weighted by Gasteiger charge is 2.56. The number of nitrogens with zero attached hydrogens (tertiary/aromatic N) is 1. The molecule has 1 amide bonds. The van der Waals surface area contributed by atoms with E-state index in [0.29, 0.717) is 50.5 Å². The van der Waals surface area contributed by atoms with Gasteiger partial charge in [0.25, 0.3) is 11.7 Å². The number of carbonyl (C=O) groups excluding carboxylic acids is 4. The normalized spacial score (nSPS) is 39.6. The minimum absolute atomic E-state index is 0.0335. The minimum atomic E-state index is -2.53. The van der Waals surface area contributed by atoms with Gasteiger partial charge in [-0.3, -0.25) is 14.4 Å². The second kappa shape index (κ2) is 22.2. The minimum Gasteiger partial charge on any atom is -0.456 e. The van der Waals surface area contributed by atoms with Gasteiger partial charge in [0.1, 0.15) is 24.0 Å². The van der Waals surface area contributed by atoms with Gasteiger partial charge in [-0.15, -0.1) is 0 Å². The van der Waals surface area contributed by atoms with Gasteiger partial charge in [0.2, 0.25) is 5.79 Å². The second-order valence-corrected chi connectivity index (χ2v) is 19.0. The van der Waals surface area contributed by atoms with E-state index in [0.717, 1.165) is 5.57 Å². The number of methoxy groups -OCH3 is 3. The SMILES string of the molecule is CO[C@H]1C[C@@H](C)C/C(C)=C/[C@@H](C/C=C/C(C)(C)O)C(=O)C[C@H](O)[C@@H](C)[C@@H](/C(C)=C/[C@@H]2CC[C@@H](O)[C@H](OC)C2)OC(=O)[C@@H]2CCCCN2C(=O)C(=O)[C@]2(O)O[C@H]1[C@@H](OC)C[C@H]2C. The Labute approximate surface area is 363 Å². The third-order valence-electron chi connectivity index (χ3n) is 13.4. The zero-order valence-electron chi connectivity index (χ0n) is 38.2. The standard InChI is InChI=1S/C47H75NO13/c1-27-20-28(2)22-39(58-9)42-40(59-10)24-30(4)47(56,61-42)43(52)44(53)48-19-12-11-15-34(48)45(54)60-41(29(3)23-32-16-17-35(49)38(25-32)57-8)31(5)36(50)26-37(51)33(21-27)14-13-18-46(6,7)55/h13,18,21,23,28,30-36,38-42,49-50,55-56H,11-12,14-17,19-20,22,24-26H2,1-10H3/b18-13+,27-21+,29-23+/t28-,30+,31+,32-,33+,34-,35+,36-,38+,39-,40-,41+,42+,47+/m0/s1. The number of piperidine rings is 1. The number of cyclic esters (lactones) is 1. The molecule has 1 saturated carbocycles. The predicted molar refractivity (Wildman–Crippen MR) is 228 cm³/mol. The van der Waals surface area contributed by atoms with Crippen LogP contribution in [0.3, 0.4) is 0 Å². The molecule has 1 aliphatic carbocycles. The van der Waals surface area contributed by atoms with Crippen molar-refractivity contribution in [1.82, 2.24) is 4.90 Å². The van der Waals surface area contributed by atoms with E-state index < -0.39 is 89.5 Å². The lowest BCUT2D eigenvalue weighted by Crippen LogP contribution is -2.64. The summed E-state index contributed by atoms with van der Waals surface area (Å²) in [6, 6.07) is -1.17. The maximum absolute atomic E-state index is 14.4. The number of rotatable bonds is 8. The van der Waals surface area contributed by atoms with Crippen LogP contribution in [-0.4, -0.2) is 137 Å². The molecule has 4 aliphatic rings. The lowest BCUT2D eigenvalue weighted by molar-refractivity contribution is -0.302. The van der Waals surface area contributed by atoms with Crippen molar-refractivity contribution in [3.8, 4) is 0 Å². The number of aliphatic hydroxyl groups excluding tert-OH is 2. The molecule has 4 N–H and O–H groups in total. The number of carbonyl (C=O) groups is 4. The predicted octanol–water partition coefficient (Wildman–Crippen LogP) is 4.78. The molecule has 61 heavy (non-hydrogen) atoms. The van der Waals surface area contributed by atoms with Crippen LogP contribution in [0.1, 0.15) is 119 Å². The first-order chi connectivity index (χ1) is 28.6. The van der Waals surface area contributed by atoms with Gasteiger partial charge in [0, 0.05) is 52.0 Å². The smallest absolute Gasteiger partial charge is 0.329 e. The Kier molecular flexibility index (Phi) is 18.5. The molecule has 14 nitrogen and oxygen atoms in total. The largest absolute Gasteiger partial charge is 0.456 e. The van der Waals surface area contributed by atoms with Crippen molar-refractivity contribution < 1.29 is 63.3 Å². The van der Waals surface area contributed by atoms with Gasteiger partial charge in [-0.2, -0.15) is 0 Å². The number of hydrogen-bond acceptors (Lipinski definition) is 13. The first kappa shape index (κ1) is 50.8. The first-order valence-corrected chi connectivity index (χ1v) is 22.3. The van der Waals surface area contributed by atoms with Crippen LogP contribution in [0, 0.1) is 29.6 Å². The molecular weight excluding hydrogens is 787 g/mol. The maximum Gasteiger partial charge on any atom is 0.329 e. The van der Waals surface area contributed by atoms with E-state index in [9.17, 15) is 39.6 Å². The molecule has 0 aromatic heterocycles. The van der Waals surface area contributed by atoms with Gasteiger partial charge in [-0.25, -0.2) is 4.79 Å². The van der Waals surface area contributed by atoms with Crippen LogP contribution >= 0.6 is 0 Å². The molecule has 4 rings (SSSR count). The average Bonchev–Trinajstić information content (AvgIpc) is 3.21. The highest BCUT2D eigenvalue weighted by atomic mass is 16.7. The molecule has 3 fully saturated rings. The second-order valence-electron chi connectivity index (χ2n) is 19.0. The lowest BCUT2D eigenvalue weighted by atomic mass is 9.81. The third kappa shape index (κ3) is 13.1. The summed E-state index contributed by atoms with van der Waals surface area (Å²) in [7, 11) is 4.59. The molecule has 0 radical (unpaired) electrons. The Morgan fingerprint density at radius 3 is 2.21 bits per heavy atom. The fourth-order valence-corrected chi connectivity index (χ4v) is 9.75. The molecule has 346 valence electrons. The number of fused-ring (bicyclic) bond motifs is 3. The number of esters is 1. The molecule has 0 spiro atoms. The molecule has 3 heterocycles. The summed E-state index contributed by atoms with van der Waals surface area (Å²) in [5.41, 5.74) is 0.450. The molecule has 2 bridgehead atoms. The monoisotopic (exact) mass is 862 g/mol. The van der Waals surface area contributed by atoms with Gasteiger partial charge in [0.05, 0.1) is 36.1 Å². The Morgan fingerprint density at radius 2 is 1.57 bits per heavy atom. The number of hydrogen-bond donors (Lipinski definition) is 4. The van der Waals surface area contributed by atoms with Gasteiger partial charge >= 0.3 is 5.97 Å². The van der Waals surface area contributed by atoms with Crippen LogP contribution in [-0.2, 0) is 42.9 Å². The number of aliphatic hydroxyl groups is 4. The summed E-state index contributed by atoms with van der Waals surface area (Å²) in [4.78, 5) is 58.4. The highest BCUT2D eigenvalue weighted by molar-refractivity contribution is 6.39. The molecule has 14 heteroatoms. The zero-order valence-corrected chi connectivity index (χ0v) is 38.2. The van der Waals surface area contributed by atoms with Gasteiger partial charge in [-0.05, 0) is 109 Å². The Morgan fingerprint density at radius 1 is 0.918 bits per heavy atom. The summed E-state index contributed by atoms with van der Waals surface area (Å²) in [6.07, 6.45) is 6.08. The van der Waals surface area contributed by atoms with Gasteiger partial charge in [-0.1, -0.05) is 50.6 Å². The summed E-state index contributed by atoms with van der Waals surface area (Å²) < 4.78 is 29.9. The molecular formula is C47H75NO13. The van der Waals surface area contributed by atoms with Crippen molar-refractivity contribution in [3.63, 3.8) is 0 Å². The van der Waals surface area contributed by atoms with Gasteiger partial charge < -0.3 is 49.0 Å². The van der Waals surface area contributed by atoms with Crippen LogP contribution in [0.15, 0.2) is 35.5 Å². The van der Waals surface area contributed by atoms with Crippen LogP contribution in [0.2, 0.25) is 0 Å². The molecule has 0 aromatic rings. The average molecular weight is 862 g/mol. The Balaban J connectivity index is 1.80. The van der Waals surface area contributed by atoms with Crippen LogP contribution < -0.4 is 0 Å². The van der Waals surface area contributed by atoms with E-state index in [1.807, 2.05) is 26.0 Å². The number of allylic oxidation sites excluding steroid dienone is 4. The molecule has 2 saturated heterocycles. The Hall–Kier alpha value is -2.82. The third-order valence-corrected chi connectivity index (χ3v) is 13.4. The summed E-state index contributed by atoms with van der Waals surface area (Å²) in [6.45, 7) is 12.5. The van der Waals surface area contributed by atoms with Crippen molar-refractivity contribution in [2.75, 3.05) is 27.9 Å². The molecule has 14 atom stereocenters. The van der Waals surface area contributed by atoms with E-state index in [-0.39, 0.29) is 56.0 Å². The van der Waals surface area contributed by atoms with Crippen LogP contribution in [0.4, 0.5) is 0 Å². The van der Waals surface area contributed by atoms with Crippen molar-refractivity contribution in [1.29, 1.82) is 0 Å². The number of Topliss-reactive ketones (excluding diaryl/α,β-unsaturated/α-hetero) is 2.